The van der Waals surface area contributed by atoms with E-state index in [1.165, 1.54) is 55.7 Å². The van der Waals surface area contributed by atoms with E-state index in [0.29, 0.717) is 11.1 Å². The summed E-state index contributed by atoms with van der Waals surface area (Å²) in [6.45, 7) is 3.48. The summed E-state index contributed by atoms with van der Waals surface area (Å²) >= 11 is 3.26. The van der Waals surface area contributed by atoms with Crippen LogP contribution in [0.5, 0.6) is 11.5 Å². The van der Waals surface area contributed by atoms with Gasteiger partial charge >= 0.3 is 10.1 Å². The molecule has 190 valence electrons. The largest absolute Gasteiger partial charge is 0.493 e. The lowest BCUT2D eigenvalue weighted by Crippen LogP contribution is -2.14. The van der Waals surface area contributed by atoms with E-state index in [1.54, 1.807) is 25.1 Å². The van der Waals surface area contributed by atoms with Gasteiger partial charge < -0.3 is 14.2 Å². The van der Waals surface area contributed by atoms with E-state index in [-0.39, 0.29) is 37.8 Å². The van der Waals surface area contributed by atoms with Crippen LogP contribution in [0, 0.1) is 35.3 Å². The Kier molecular flexibility index (Phi) is 8.31. The van der Waals surface area contributed by atoms with E-state index in [4.69, 9.17) is 8.92 Å². The SMILES string of the molecule is COc1cc(/C=C(\C#N)C(=O)Nc2cc([N+](=O)[O-])ccc2C)cc(Br)c1OS(=O)(=O)c1ccc(C)cc1. The molecule has 0 atom stereocenters. The summed E-state index contributed by atoms with van der Waals surface area (Å²) in [4.78, 5) is 23.1. The standard InChI is InChI=1S/C25H20BrN3O7S/c1-15-4-8-20(9-5-15)37(33,34)36-24-21(26)11-17(12-23(24)35-3)10-18(14-27)25(30)28-22-13-19(29(31)32)7-6-16(22)2/h4-13H,1-3H3,(H,28,30)/b18-10+. The summed E-state index contributed by atoms with van der Waals surface area (Å²) < 4.78 is 36.3. The summed E-state index contributed by atoms with van der Waals surface area (Å²) in [5.74, 6) is -0.873. The number of ether oxygens (including phenoxy) is 1. The number of nitrogens with one attached hydrogen (secondary N) is 1. The lowest BCUT2D eigenvalue weighted by atomic mass is 10.1. The number of methoxy groups -OCH3 is 1. The number of anilines is 1. The number of amides is 1. The van der Waals surface area contributed by atoms with Crippen LogP contribution in [0.25, 0.3) is 6.08 Å². The Bertz CT molecular complexity index is 1560. The van der Waals surface area contributed by atoms with Gasteiger partial charge in [0.1, 0.15) is 16.5 Å². The molecule has 10 nitrogen and oxygen atoms in total. The molecule has 3 aromatic rings. The topological polar surface area (TPSA) is 149 Å². The third-order valence-electron chi connectivity index (χ3n) is 5.11. The van der Waals surface area contributed by atoms with Crippen molar-refractivity contribution >= 4 is 49.4 Å². The smallest absolute Gasteiger partial charge is 0.339 e. The summed E-state index contributed by atoms with van der Waals surface area (Å²) in [6.07, 6.45) is 1.26. The van der Waals surface area contributed by atoms with Crippen LogP contribution in [-0.4, -0.2) is 26.4 Å². The first-order chi connectivity index (χ1) is 17.4. The fraction of sp³-hybridized carbons (Fsp3) is 0.120. The molecule has 0 heterocycles. The first kappa shape index (κ1) is 27.4. The minimum absolute atomic E-state index is 0.0311. The number of aryl methyl sites for hydroxylation is 2. The maximum atomic E-state index is 12.8. The molecule has 0 aliphatic heterocycles. The van der Waals surface area contributed by atoms with Crippen LogP contribution in [0.1, 0.15) is 16.7 Å². The molecule has 0 unspecified atom stereocenters. The molecule has 1 amide bonds. The van der Waals surface area contributed by atoms with E-state index in [2.05, 4.69) is 21.2 Å². The monoisotopic (exact) mass is 585 g/mol. The van der Waals surface area contributed by atoms with Crippen molar-refractivity contribution in [2.75, 3.05) is 12.4 Å². The number of rotatable bonds is 8. The summed E-state index contributed by atoms with van der Waals surface area (Å²) in [5, 5.41) is 23.1. The zero-order valence-electron chi connectivity index (χ0n) is 19.8. The zero-order chi connectivity index (χ0) is 27.3. The lowest BCUT2D eigenvalue weighted by Gasteiger charge is -2.14. The second kappa shape index (κ2) is 11.2. The third kappa shape index (κ3) is 6.52. The highest BCUT2D eigenvalue weighted by molar-refractivity contribution is 9.10. The van der Waals surface area contributed by atoms with Gasteiger partial charge in [0, 0.05) is 12.1 Å². The Morgan fingerprint density at radius 1 is 1.14 bits per heavy atom. The van der Waals surface area contributed by atoms with Crippen LogP contribution in [0.3, 0.4) is 0 Å². The van der Waals surface area contributed by atoms with Gasteiger partial charge in [0.15, 0.2) is 11.5 Å². The van der Waals surface area contributed by atoms with Crippen molar-refractivity contribution in [1.82, 2.24) is 0 Å². The fourth-order valence-electron chi connectivity index (χ4n) is 3.13. The van der Waals surface area contributed by atoms with Crippen LogP contribution >= 0.6 is 15.9 Å². The van der Waals surface area contributed by atoms with E-state index < -0.39 is 20.9 Å². The van der Waals surface area contributed by atoms with E-state index >= 15 is 0 Å². The molecular formula is C25H20BrN3O7S. The van der Waals surface area contributed by atoms with Gasteiger partial charge in [-0.05, 0) is 71.2 Å². The number of non-ortho nitro benzene ring substituents is 1. The van der Waals surface area contributed by atoms with Gasteiger partial charge in [0.25, 0.3) is 11.6 Å². The average Bonchev–Trinajstić information content (AvgIpc) is 2.85. The highest BCUT2D eigenvalue weighted by Gasteiger charge is 2.22. The van der Waals surface area contributed by atoms with Crippen molar-refractivity contribution in [3.63, 3.8) is 0 Å². The average molecular weight is 586 g/mol. The van der Waals surface area contributed by atoms with Crippen LogP contribution in [0.4, 0.5) is 11.4 Å². The number of nitrogens with zero attached hydrogens (tertiary/aromatic N) is 2. The molecule has 3 aromatic carbocycles. The Morgan fingerprint density at radius 2 is 1.81 bits per heavy atom. The predicted octanol–water partition coefficient (Wildman–Crippen LogP) is 5.30. The van der Waals surface area contributed by atoms with Crippen LogP contribution in [-0.2, 0) is 14.9 Å². The van der Waals surface area contributed by atoms with E-state index in [0.717, 1.165) is 5.56 Å². The number of nitro groups is 1. The zero-order valence-corrected chi connectivity index (χ0v) is 22.2. The Hall–Kier alpha value is -4.21. The number of hydrogen-bond donors (Lipinski definition) is 1. The van der Waals surface area contributed by atoms with Gasteiger partial charge in [-0.15, -0.1) is 0 Å². The molecule has 0 aliphatic carbocycles. The van der Waals surface area contributed by atoms with E-state index in [9.17, 15) is 28.6 Å². The molecule has 0 spiro atoms. The van der Waals surface area contributed by atoms with Crippen molar-refractivity contribution in [2.24, 2.45) is 0 Å². The summed E-state index contributed by atoms with van der Waals surface area (Å²) in [7, 11) is -2.87. The van der Waals surface area contributed by atoms with Crippen LogP contribution < -0.4 is 14.2 Å². The first-order valence-electron chi connectivity index (χ1n) is 10.5. The highest BCUT2D eigenvalue weighted by Crippen LogP contribution is 2.39. The Balaban J connectivity index is 1.92. The lowest BCUT2D eigenvalue weighted by molar-refractivity contribution is -0.384. The molecule has 1 N–H and O–H groups in total. The van der Waals surface area contributed by atoms with Gasteiger partial charge in [0.05, 0.1) is 22.2 Å². The number of benzene rings is 3. The van der Waals surface area contributed by atoms with Gasteiger partial charge in [-0.3, -0.25) is 14.9 Å². The molecule has 0 aromatic heterocycles. The quantitative estimate of drug-likeness (QED) is 0.123. The van der Waals surface area contributed by atoms with Crippen molar-refractivity contribution in [3.05, 3.63) is 91.4 Å². The Labute approximate surface area is 221 Å². The molecule has 3 rings (SSSR count). The van der Waals surface area contributed by atoms with Crippen LogP contribution in [0.2, 0.25) is 0 Å². The second-order valence-corrected chi connectivity index (χ2v) is 10.2. The minimum Gasteiger partial charge on any atom is -0.493 e. The molecule has 0 aliphatic rings. The molecule has 0 bridgehead atoms. The van der Waals surface area contributed by atoms with Crippen molar-refractivity contribution < 1.29 is 27.1 Å². The van der Waals surface area contributed by atoms with Crippen LogP contribution in [0.15, 0.2) is 69.5 Å². The number of carbonyl (C=O) groups is 1. The molecule has 0 radical (unpaired) electrons. The van der Waals surface area contributed by atoms with Gasteiger partial charge in [-0.25, -0.2) is 0 Å². The second-order valence-electron chi connectivity index (χ2n) is 7.76. The summed E-state index contributed by atoms with van der Waals surface area (Å²) in [5.41, 5.74) is 1.44. The van der Waals surface area contributed by atoms with E-state index in [1.807, 2.05) is 6.92 Å². The number of halogens is 1. The number of carbonyl (C=O) groups excluding carboxylic acids is 1. The fourth-order valence-corrected chi connectivity index (χ4v) is 4.73. The van der Waals surface area contributed by atoms with Gasteiger partial charge in [-0.1, -0.05) is 23.8 Å². The number of hydrogen-bond acceptors (Lipinski definition) is 8. The molecule has 12 heteroatoms. The first-order valence-corrected chi connectivity index (χ1v) is 12.7. The van der Waals surface area contributed by atoms with Crippen molar-refractivity contribution in [1.29, 1.82) is 5.26 Å². The normalized spacial score (nSPS) is 11.4. The van der Waals surface area contributed by atoms with Gasteiger partial charge in [0.2, 0.25) is 0 Å². The Morgan fingerprint density at radius 3 is 2.41 bits per heavy atom. The molecule has 37 heavy (non-hydrogen) atoms. The summed E-state index contributed by atoms with van der Waals surface area (Å²) in [6, 6.07) is 14.7. The highest BCUT2D eigenvalue weighted by atomic mass is 79.9. The number of nitriles is 1. The number of nitro benzene ring substituents is 1. The molecule has 0 fully saturated rings. The molecular weight excluding hydrogens is 566 g/mol. The van der Waals surface area contributed by atoms with Gasteiger partial charge in [-0.2, -0.15) is 13.7 Å². The minimum atomic E-state index is -4.18. The predicted molar refractivity (Wildman–Crippen MR) is 140 cm³/mol. The third-order valence-corrected chi connectivity index (χ3v) is 6.94. The molecule has 0 saturated carbocycles. The van der Waals surface area contributed by atoms with Crippen molar-refractivity contribution in [3.8, 4) is 17.6 Å². The molecule has 0 saturated heterocycles. The maximum absolute atomic E-state index is 12.8. The van der Waals surface area contributed by atoms with Crippen molar-refractivity contribution in [2.45, 2.75) is 18.7 Å². The maximum Gasteiger partial charge on any atom is 0.339 e.